The highest BCUT2D eigenvalue weighted by Crippen LogP contribution is 2.23. The summed E-state index contributed by atoms with van der Waals surface area (Å²) in [6.45, 7) is 1.98. The Hall–Kier alpha value is -1.38. The zero-order chi connectivity index (χ0) is 12.3. The molecular weight excluding hydrogens is 232 g/mol. The highest BCUT2D eigenvalue weighted by atomic mass is 35.5. The second kappa shape index (κ2) is 5.30. The summed E-state index contributed by atoms with van der Waals surface area (Å²) < 4.78 is 0. The molecule has 1 heterocycles. The van der Waals surface area contributed by atoms with Gasteiger partial charge in [0.1, 0.15) is 0 Å². The molecule has 1 aromatic carbocycles. The Morgan fingerprint density at radius 1 is 1.18 bits per heavy atom. The van der Waals surface area contributed by atoms with E-state index in [1.807, 2.05) is 44.4 Å². The van der Waals surface area contributed by atoms with Crippen LogP contribution in [0.3, 0.4) is 0 Å². The minimum atomic E-state index is 0.127. The summed E-state index contributed by atoms with van der Waals surface area (Å²) in [6, 6.07) is 12.1. The molecule has 0 aliphatic heterocycles. The maximum absolute atomic E-state index is 6.02. The zero-order valence-electron chi connectivity index (χ0n) is 9.94. The normalized spacial score (nSPS) is 12.4. The van der Waals surface area contributed by atoms with E-state index in [2.05, 4.69) is 22.4 Å². The van der Waals surface area contributed by atoms with Crippen LogP contribution in [0, 0.1) is 6.92 Å². The molecule has 0 fully saturated rings. The number of pyridine rings is 1. The molecule has 1 aromatic heterocycles. The molecule has 0 saturated heterocycles. The molecule has 1 unspecified atom stereocenters. The fourth-order valence-corrected chi connectivity index (χ4v) is 2.06. The maximum Gasteiger partial charge on any atom is 0.0590 e. The summed E-state index contributed by atoms with van der Waals surface area (Å²) in [6.07, 6.45) is 1.90. The fourth-order valence-electron chi connectivity index (χ4n) is 1.86. The van der Waals surface area contributed by atoms with Gasteiger partial charge in [0.2, 0.25) is 0 Å². The van der Waals surface area contributed by atoms with Crippen LogP contribution in [-0.4, -0.2) is 12.0 Å². The van der Waals surface area contributed by atoms with Crippen molar-refractivity contribution in [2.45, 2.75) is 13.0 Å². The summed E-state index contributed by atoms with van der Waals surface area (Å²) in [4.78, 5) is 4.32. The van der Waals surface area contributed by atoms with Crippen molar-refractivity contribution >= 4 is 11.6 Å². The molecule has 2 aromatic rings. The number of aromatic nitrogens is 1. The molecule has 0 aliphatic carbocycles. The quantitative estimate of drug-likeness (QED) is 0.899. The average molecular weight is 247 g/mol. The molecule has 3 heteroatoms. The molecule has 0 aliphatic rings. The van der Waals surface area contributed by atoms with E-state index >= 15 is 0 Å². The lowest BCUT2D eigenvalue weighted by Crippen LogP contribution is -2.17. The first kappa shape index (κ1) is 12.1. The van der Waals surface area contributed by atoms with Gasteiger partial charge in [-0.05, 0) is 43.3 Å². The largest absolute Gasteiger partial charge is 0.309 e. The molecule has 0 saturated carbocycles. The van der Waals surface area contributed by atoms with Gasteiger partial charge >= 0.3 is 0 Å². The first-order chi connectivity index (χ1) is 8.20. The monoisotopic (exact) mass is 246 g/mol. The number of rotatable bonds is 3. The van der Waals surface area contributed by atoms with Crippen LogP contribution in [0.2, 0.25) is 5.02 Å². The number of nitrogens with zero attached hydrogens (tertiary/aromatic N) is 1. The predicted octanol–water partition coefficient (Wildman–Crippen LogP) is 3.35. The molecule has 2 rings (SSSR count). The zero-order valence-corrected chi connectivity index (χ0v) is 10.7. The summed E-state index contributed by atoms with van der Waals surface area (Å²) in [5.74, 6) is 0. The Morgan fingerprint density at radius 3 is 2.59 bits per heavy atom. The van der Waals surface area contributed by atoms with Gasteiger partial charge in [0.15, 0.2) is 0 Å². The van der Waals surface area contributed by atoms with Crippen molar-refractivity contribution in [1.29, 1.82) is 0 Å². The van der Waals surface area contributed by atoms with Crippen molar-refractivity contribution in [3.63, 3.8) is 0 Å². The van der Waals surface area contributed by atoms with E-state index in [1.54, 1.807) is 0 Å². The summed E-state index contributed by atoms with van der Waals surface area (Å²) in [7, 11) is 1.94. The van der Waals surface area contributed by atoms with Gasteiger partial charge in [-0.15, -0.1) is 0 Å². The van der Waals surface area contributed by atoms with E-state index < -0.39 is 0 Å². The maximum atomic E-state index is 6.02. The number of hydrogen-bond acceptors (Lipinski definition) is 2. The van der Waals surface area contributed by atoms with Gasteiger partial charge in [0, 0.05) is 16.9 Å². The first-order valence-electron chi connectivity index (χ1n) is 5.56. The summed E-state index contributed by atoms with van der Waals surface area (Å²) in [5, 5.41) is 4.04. The third-order valence-corrected chi connectivity index (χ3v) is 2.97. The highest BCUT2D eigenvalue weighted by molar-refractivity contribution is 6.30. The van der Waals surface area contributed by atoms with Crippen molar-refractivity contribution < 1.29 is 0 Å². The smallest absolute Gasteiger partial charge is 0.0590 e. The Balaban J connectivity index is 2.36. The number of aryl methyl sites for hydroxylation is 1. The predicted molar refractivity (Wildman–Crippen MR) is 71.3 cm³/mol. The standard InChI is InChI=1S/C14H15ClN2/c1-10-6-7-12(9-17-10)14(16-2)11-4-3-5-13(15)8-11/h3-9,14,16H,1-2H3. The van der Waals surface area contributed by atoms with Crippen LogP contribution in [0.4, 0.5) is 0 Å². The van der Waals surface area contributed by atoms with Crippen molar-refractivity contribution in [3.05, 3.63) is 64.4 Å². The Labute approximate surface area is 107 Å². The lowest BCUT2D eigenvalue weighted by Gasteiger charge is -2.17. The van der Waals surface area contributed by atoms with Gasteiger partial charge in [0.05, 0.1) is 6.04 Å². The molecule has 2 nitrogen and oxygen atoms in total. The van der Waals surface area contributed by atoms with Gasteiger partial charge in [-0.2, -0.15) is 0 Å². The van der Waals surface area contributed by atoms with Crippen molar-refractivity contribution in [3.8, 4) is 0 Å². The van der Waals surface area contributed by atoms with E-state index in [0.717, 1.165) is 21.8 Å². The van der Waals surface area contributed by atoms with Gasteiger partial charge < -0.3 is 5.32 Å². The Bertz CT molecular complexity index is 494. The second-order valence-electron chi connectivity index (χ2n) is 4.01. The second-order valence-corrected chi connectivity index (χ2v) is 4.45. The molecule has 0 spiro atoms. The Morgan fingerprint density at radius 2 is 2.00 bits per heavy atom. The molecule has 1 atom stereocenters. The lowest BCUT2D eigenvalue weighted by molar-refractivity contribution is 0.688. The number of halogens is 1. The molecule has 1 N–H and O–H groups in total. The highest BCUT2D eigenvalue weighted by Gasteiger charge is 2.12. The number of nitrogens with one attached hydrogen (secondary N) is 1. The third kappa shape index (κ3) is 2.84. The lowest BCUT2D eigenvalue weighted by atomic mass is 10.0. The SMILES string of the molecule is CNC(c1ccc(C)nc1)c1cccc(Cl)c1. The minimum absolute atomic E-state index is 0.127. The fraction of sp³-hybridized carbons (Fsp3) is 0.214. The molecular formula is C14H15ClN2. The van der Waals surface area contributed by atoms with Gasteiger partial charge in [-0.25, -0.2) is 0 Å². The number of benzene rings is 1. The van der Waals surface area contributed by atoms with Crippen molar-refractivity contribution in [1.82, 2.24) is 10.3 Å². The average Bonchev–Trinajstić information content (AvgIpc) is 2.33. The van der Waals surface area contributed by atoms with Crippen LogP contribution in [0.15, 0.2) is 42.6 Å². The molecule has 17 heavy (non-hydrogen) atoms. The van der Waals surface area contributed by atoms with Crippen LogP contribution in [0.25, 0.3) is 0 Å². The van der Waals surface area contributed by atoms with E-state index in [-0.39, 0.29) is 6.04 Å². The van der Waals surface area contributed by atoms with Crippen LogP contribution < -0.4 is 5.32 Å². The van der Waals surface area contributed by atoms with E-state index in [0.29, 0.717) is 0 Å². The van der Waals surface area contributed by atoms with Crippen LogP contribution >= 0.6 is 11.6 Å². The van der Waals surface area contributed by atoms with Crippen LogP contribution in [0.5, 0.6) is 0 Å². The van der Waals surface area contributed by atoms with Gasteiger partial charge in [0.25, 0.3) is 0 Å². The Kier molecular flexibility index (Phi) is 3.77. The van der Waals surface area contributed by atoms with E-state index in [9.17, 15) is 0 Å². The third-order valence-electron chi connectivity index (χ3n) is 2.74. The first-order valence-corrected chi connectivity index (χ1v) is 5.94. The van der Waals surface area contributed by atoms with Crippen LogP contribution in [-0.2, 0) is 0 Å². The number of hydrogen-bond donors (Lipinski definition) is 1. The molecule has 88 valence electrons. The van der Waals surface area contributed by atoms with Crippen molar-refractivity contribution in [2.75, 3.05) is 7.05 Å². The topological polar surface area (TPSA) is 24.9 Å². The van der Waals surface area contributed by atoms with Gasteiger partial charge in [-0.3, -0.25) is 4.98 Å². The molecule has 0 bridgehead atoms. The summed E-state index contributed by atoms with van der Waals surface area (Å²) >= 11 is 6.02. The molecule has 0 radical (unpaired) electrons. The van der Waals surface area contributed by atoms with E-state index in [4.69, 9.17) is 11.6 Å². The van der Waals surface area contributed by atoms with Crippen LogP contribution in [0.1, 0.15) is 22.9 Å². The minimum Gasteiger partial charge on any atom is -0.309 e. The summed E-state index contributed by atoms with van der Waals surface area (Å²) in [5.41, 5.74) is 3.31. The van der Waals surface area contributed by atoms with Crippen molar-refractivity contribution in [2.24, 2.45) is 0 Å². The van der Waals surface area contributed by atoms with E-state index in [1.165, 1.54) is 0 Å². The molecule has 0 amide bonds. The van der Waals surface area contributed by atoms with Gasteiger partial charge in [-0.1, -0.05) is 29.8 Å².